The molecule has 1 aromatic rings. The van der Waals surface area contributed by atoms with Crippen molar-refractivity contribution in [1.82, 2.24) is 10.6 Å². The zero-order valence-electron chi connectivity index (χ0n) is 9.32. The Morgan fingerprint density at radius 1 is 1.53 bits per heavy atom. The van der Waals surface area contributed by atoms with Crippen LogP contribution in [0.3, 0.4) is 0 Å². The van der Waals surface area contributed by atoms with E-state index in [0.717, 1.165) is 0 Å². The average molecular weight is 238 g/mol. The molecule has 4 nitrogen and oxygen atoms in total. The second kappa shape index (κ2) is 5.25. The smallest absolute Gasteiger partial charge is 0.221 e. The molecule has 2 atom stereocenters. The number of benzene rings is 1. The fourth-order valence-corrected chi connectivity index (χ4v) is 1.88. The molecule has 17 heavy (non-hydrogen) atoms. The van der Waals surface area contributed by atoms with Gasteiger partial charge in [-0.1, -0.05) is 18.2 Å². The van der Waals surface area contributed by atoms with Gasteiger partial charge in [-0.05, 0) is 6.07 Å². The van der Waals surface area contributed by atoms with E-state index in [1.165, 1.54) is 6.07 Å². The highest BCUT2D eigenvalue weighted by atomic mass is 19.1. The van der Waals surface area contributed by atoms with E-state index in [1.807, 2.05) is 0 Å². The third-order valence-electron chi connectivity index (χ3n) is 2.84. The van der Waals surface area contributed by atoms with Crippen molar-refractivity contribution in [3.8, 4) is 0 Å². The van der Waals surface area contributed by atoms with Crippen LogP contribution in [0.1, 0.15) is 18.1 Å². The predicted octanol–water partition coefficient (Wildman–Crippen LogP) is 0.337. The Kier molecular flexibility index (Phi) is 3.71. The van der Waals surface area contributed by atoms with Crippen LogP contribution < -0.4 is 10.6 Å². The van der Waals surface area contributed by atoms with Crippen molar-refractivity contribution in [3.05, 3.63) is 35.6 Å². The zero-order chi connectivity index (χ0) is 12.3. The fraction of sp³-hybridized carbons (Fsp3) is 0.417. The van der Waals surface area contributed by atoms with Gasteiger partial charge in [0.05, 0.1) is 6.10 Å². The van der Waals surface area contributed by atoms with E-state index in [4.69, 9.17) is 0 Å². The Hall–Kier alpha value is -1.46. The van der Waals surface area contributed by atoms with Gasteiger partial charge < -0.3 is 15.7 Å². The molecule has 1 aliphatic rings. The number of halogens is 1. The molecule has 5 heteroatoms. The average Bonchev–Trinajstić information content (AvgIpc) is 2.73. The van der Waals surface area contributed by atoms with Gasteiger partial charge >= 0.3 is 0 Å². The number of nitrogens with one attached hydrogen (secondary N) is 2. The molecule has 0 aliphatic carbocycles. The Labute approximate surface area is 98.8 Å². The van der Waals surface area contributed by atoms with E-state index in [9.17, 15) is 14.3 Å². The van der Waals surface area contributed by atoms with Crippen molar-refractivity contribution in [1.29, 1.82) is 0 Å². The highest BCUT2D eigenvalue weighted by Gasteiger charge is 2.22. The van der Waals surface area contributed by atoms with E-state index in [2.05, 4.69) is 10.6 Å². The Morgan fingerprint density at radius 3 is 2.94 bits per heavy atom. The molecule has 3 N–H and O–H groups in total. The molecular weight excluding hydrogens is 223 g/mol. The molecule has 1 aliphatic heterocycles. The molecule has 0 radical (unpaired) electrons. The van der Waals surface area contributed by atoms with Gasteiger partial charge in [-0.25, -0.2) is 4.39 Å². The van der Waals surface area contributed by atoms with E-state index in [1.54, 1.807) is 18.2 Å². The van der Waals surface area contributed by atoms with Gasteiger partial charge in [0, 0.05) is 31.1 Å². The third-order valence-corrected chi connectivity index (χ3v) is 2.84. The van der Waals surface area contributed by atoms with Crippen LogP contribution >= 0.6 is 0 Å². The van der Waals surface area contributed by atoms with Crippen LogP contribution in [0.2, 0.25) is 0 Å². The minimum absolute atomic E-state index is 0.00267. The number of carbonyl (C=O) groups excluding carboxylic acids is 1. The summed E-state index contributed by atoms with van der Waals surface area (Å²) in [6, 6.07) is 6.16. The van der Waals surface area contributed by atoms with E-state index in [-0.39, 0.29) is 24.1 Å². The van der Waals surface area contributed by atoms with Gasteiger partial charge in [0.15, 0.2) is 0 Å². The van der Waals surface area contributed by atoms with Crippen molar-refractivity contribution >= 4 is 5.91 Å². The Balaban J connectivity index is 1.87. The highest BCUT2D eigenvalue weighted by molar-refractivity contribution is 5.78. The highest BCUT2D eigenvalue weighted by Crippen LogP contribution is 2.16. The number of hydrogen-bond donors (Lipinski definition) is 3. The summed E-state index contributed by atoms with van der Waals surface area (Å²) >= 11 is 0. The maximum atomic E-state index is 13.3. The third kappa shape index (κ3) is 3.01. The van der Waals surface area contributed by atoms with E-state index >= 15 is 0 Å². The molecule has 0 saturated carbocycles. The normalized spacial score (nSPS) is 21.3. The van der Waals surface area contributed by atoms with Crippen LogP contribution in [-0.2, 0) is 4.79 Å². The number of carbonyl (C=O) groups is 1. The fourth-order valence-electron chi connectivity index (χ4n) is 1.88. The standard InChI is InChI=1S/C12H15FN2O2/c13-10-4-2-1-3-9(10)11(16)7-14-8-5-12(17)15-6-8/h1-4,8,11,14,16H,5-7H2,(H,15,17). The lowest BCUT2D eigenvalue weighted by molar-refractivity contribution is -0.119. The Bertz CT molecular complexity index is 411. The molecule has 1 heterocycles. The number of hydrogen-bond acceptors (Lipinski definition) is 3. The summed E-state index contributed by atoms with van der Waals surface area (Å²) in [5, 5.41) is 15.5. The lowest BCUT2D eigenvalue weighted by atomic mass is 10.1. The minimum Gasteiger partial charge on any atom is -0.387 e. The van der Waals surface area contributed by atoms with Crippen LogP contribution in [0.4, 0.5) is 4.39 Å². The molecular formula is C12H15FN2O2. The lowest BCUT2D eigenvalue weighted by Gasteiger charge is -2.15. The first-order valence-corrected chi connectivity index (χ1v) is 5.59. The van der Waals surface area contributed by atoms with Crippen molar-refractivity contribution in [2.75, 3.05) is 13.1 Å². The molecule has 1 aromatic carbocycles. The van der Waals surface area contributed by atoms with Crippen LogP contribution in [-0.4, -0.2) is 30.1 Å². The lowest BCUT2D eigenvalue weighted by Crippen LogP contribution is -2.34. The molecule has 0 bridgehead atoms. The largest absolute Gasteiger partial charge is 0.387 e. The number of rotatable bonds is 4. The topological polar surface area (TPSA) is 61.4 Å². The van der Waals surface area contributed by atoms with Crippen molar-refractivity contribution in [3.63, 3.8) is 0 Å². The first kappa shape index (κ1) is 12.0. The van der Waals surface area contributed by atoms with Gasteiger partial charge in [0.25, 0.3) is 0 Å². The van der Waals surface area contributed by atoms with Crippen molar-refractivity contribution < 1.29 is 14.3 Å². The second-order valence-corrected chi connectivity index (χ2v) is 4.15. The van der Waals surface area contributed by atoms with Gasteiger partial charge in [-0.3, -0.25) is 4.79 Å². The first-order valence-electron chi connectivity index (χ1n) is 5.59. The van der Waals surface area contributed by atoms with E-state index in [0.29, 0.717) is 13.0 Å². The quantitative estimate of drug-likeness (QED) is 0.708. The van der Waals surface area contributed by atoms with Crippen LogP contribution in [0.5, 0.6) is 0 Å². The molecule has 1 saturated heterocycles. The van der Waals surface area contributed by atoms with Gasteiger partial charge in [-0.15, -0.1) is 0 Å². The molecule has 92 valence electrons. The number of aliphatic hydroxyl groups is 1. The zero-order valence-corrected chi connectivity index (χ0v) is 9.32. The van der Waals surface area contributed by atoms with Crippen LogP contribution in [0, 0.1) is 5.82 Å². The summed E-state index contributed by atoms with van der Waals surface area (Å²) in [4.78, 5) is 10.9. The number of amides is 1. The molecule has 0 spiro atoms. The van der Waals surface area contributed by atoms with Crippen LogP contribution in [0.25, 0.3) is 0 Å². The summed E-state index contributed by atoms with van der Waals surface area (Å²) in [7, 11) is 0. The molecule has 0 aromatic heterocycles. The predicted molar refractivity (Wildman–Crippen MR) is 60.8 cm³/mol. The molecule has 2 rings (SSSR count). The maximum absolute atomic E-state index is 13.3. The molecule has 2 unspecified atom stereocenters. The van der Waals surface area contributed by atoms with Crippen molar-refractivity contribution in [2.24, 2.45) is 0 Å². The van der Waals surface area contributed by atoms with Gasteiger partial charge in [-0.2, -0.15) is 0 Å². The summed E-state index contributed by atoms with van der Waals surface area (Å²) in [6.45, 7) is 0.795. The molecule has 1 amide bonds. The summed E-state index contributed by atoms with van der Waals surface area (Å²) in [6.07, 6.45) is -0.490. The monoisotopic (exact) mass is 238 g/mol. The van der Waals surface area contributed by atoms with Crippen LogP contribution in [0.15, 0.2) is 24.3 Å². The minimum atomic E-state index is -0.896. The SMILES string of the molecule is O=C1CC(NCC(O)c2ccccc2F)CN1. The van der Waals surface area contributed by atoms with Gasteiger partial charge in [0.2, 0.25) is 5.91 Å². The molecule has 1 fully saturated rings. The first-order chi connectivity index (χ1) is 8.16. The van der Waals surface area contributed by atoms with Crippen molar-refractivity contribution in [2.45, 2.75) is 18.6 Å². The summed E-state index contributed by atoms with van der Waals surface area (Å²) < 4.78 is 13.3. The summed E-state index contributed by atoms with van der Waals surface area (Å²) in [5.41, 5.74) is 0.275. The van der Waals surface area contributed by atoms with Gasteiger partial charge in [0.1, 0.15) is 5.82 Å². The second-order valence-electron chi connectivity index (χ2n) is 4.15. The number of aliphatic hydroxyl groups excluding tert-OH is 1. The summed E-state index contributed by atoms with van der Waals surface area (Å²) in [5.74, 6) is -0.412. The Morgan fingerprint density at radius 2 is 2.29 bits per heavy atom. The van der Waals surface area contributed by atoms with E-state index < -0.39 is 11.9 Å². The maximum Gasteiger partial charge on any atom is 0.221 e.